The molecule has 4 aromatic rings. The van der Waals surface area contributed by atoms with E-state index in [4.69, 9.17) is 28.9 Å². The fraction of sp³-hybridized carbons (Fsp3) is 0.488. The standard InChI is InChI=1S/C41H49N7O7/c1-23(52-3)18-35(49)47-16-6-8-31(47)37-42-22-30(45-37)26-10-12-27-34(20-26)55-33-13-11-25(19-28(33)41(27)14-15-41)29-21-43-38(44-29)32-9-7-17-48(32)39(50)36(24(2)53-4)46-40(51)54-5/h10-13,19-24,31-32,36H,6-9,14-18H2,1-5H3,(H,42,45)(H,43,44)(H,46,51)/t23-,24-,31-,32-,36-/m0/s1. The van der Waals surface area contributed by atoms with Gasteiger partial charge < -0.3 is 44.0 Å². The van der Waals surface area contributed by atoms with Crippen LogP contribution in [-0.2, 0) is 29.2 Å². The number of carbonyl (C=O) groups is 3. The highest BCUT2D eigenvalue weighted by atomic mass is 16.5. The van der Waals surface area contributed by atoms with Gasteiger partial charge in [0.2, 0.25) is 11.8 Å². The number of benzene rings is 2. The summed E-state index contributed by atoms with van der Waals surface area (Å²) in [5, 5.41) is 2.64. The van der Waals surface area contributed by atoms with Gasteiger partial charge in [0.25, 0.3) is 0 Å². The van der Waals surface area contributed by atoms with Gasteiger partial charge in [-0.05, 0) is 76.6 Å². The van der Waals surface area contributed by atoms with Crippen LogP contribution >= 0.6 is 0 Å². The molecule has 4 aliphatic rings. The van der Waals surface area contributed by atoms with E-state index in [9.17, 15) is 14.4 Å². The zero-order chi connectivity index (χ0) is 38.4. The molecule has 0 unspecified atom stereocenters. The average molecular weight is 752 g/mol. The van der Waals surface area contributed by atoms with Gasteiger partial charge >= 0.3 is 6.09 Å². The molecule has 2 saturated heterocycles. The van der Waals surface area contributed by atoms with Crippen molar-refractivity contribution in [1.29, 1.82) is 0 Å². The van der Waals surface area contributed by atoms with Crippen LogP contribution in [0.25, 0.3) is 22.5 Å². The Morgan fingerprint density at radius 3 is 2.13 bits per heavy atom. The number of likely N-dealkylation sites (tertiary alicyclic amines) is 2. The van der Waals surface area contributed by atoms with Gasteiger partial charge in [-0.15, -0.1) is 0 Å². The number of amides is 3. The topological polar surface area (TPSA) is 164 Å². The zero-order valence-electron chi connectivity index (χ0n) is 32.0. The zero-order valence-corrected chi connectivity index (χ0v) is 32.0. The molecule has 14 nitrogen and oxygen atoms in total. The number of rotatable bonds is 11. The van der Waals surface area contributed by atoms with E-state index in [-0.39, 0.29) is 35.4 Å². The highest BCUT2D eigenvalue weighted by molar-refractivity contribution is 5.87. The van der Waals surface area contributed by atoms with Crippen molar-refractivity contribution >= 4 is 17.9 Å². The van der Waals surface area contributed by atoms with Gasteiger partial charge in [0.15, 0.2) is 0 Å². The Morgan fingerprint density at radius 1 is 0.855 bits per heavy atom. The van der Waals surface area contributed by atoms with Crippen LogP contribution in [0.4, 0.5) is 4.79 Å². The van der Waals surface area contributed by atoms with Gasteiger partial charge in [0, 0.05) is 55.0 Å². The van der Waals surface area contributed by atoms with Crippen molar-refractivity contribution in [3.8, 4) is 34.0 Å². The quantitative estimate of drug-likeness (QED) is 0.163. The maximum atomic E-state index is 13.7. The molecule has 290 valence electrons. The van der Waals surface area contributed by atoms with E-state index in [0.717, 1.165) is 90.5 Å². The van der Waals surface area contributed by atoms with Gasteiger partial charge in [0.1, 0.15) is 29.2 Å². The maximum absolute atomic E-state index is 13.7. The van der Waals surface area contributed by atoms with E-state index in [1.54, 1.807) is 18.9 Å². The molecule has 5 heterocycles. The molecule has 55 heavy (non-hydrogen) atoms. The lowest BCUT2D eigenvalue weighted by Gasteiger charge is -2.30. The molecule has 2 aromatic heterocycles. The Hall–Kier alpha value is -5.21. The average Bonchev–Trinajstić information content (AvgIpc) is 3.77. The lowest BCUT2D eigenvalue weighted by molar-refractivity contribution is -0.137. The predicted octanol–water partition coefficient (Wildman–Crippen LogP) is 6.16. The number of alkyl carbamates (subject to hydrolysis) is 1. The van der Waals surface area contributed by atoms with E-state index in [1.807, 2.05) is 36.4 Å². The normalized spacial score (nSPS) is 21.0. The van der Waals surface area contributed by atoms with Crippen molar-refractivity contribution in [3.05, 3.63) is 71.6 Å². The monoisotopic (exact) mass is 751 g/mol. The predicted molar refractivity (Wildman–Crippen MR) is 202 cm³/mol. The van der Waals surface area contributed by atoms with Crippen molar-refractivity contribution in [2.75, 3.05) is 34.4 Å². The lowest BCUT2D eigenvalue weighted by Crippen LogP contribution is -2.54. The largest absolute Gasteiger partial charge is 0.457 e. The molecule has 0 bridgehead atoms. The van der Waals surface area contributed by atoms with E-state index in [1.165, 1.54) is 19.8 Å². The van der Waals surface area contributed by atoms with Crippen LogP contribution < -0.4 is 10.1 Å². The fourth-order valence-electron chi connectivity index (χ4n) is 8.55. The molecule has 2 aromatic carbocycles. The molecular weight excluding hydrogens is 702 g/mol. The summed E-state index contributed by atoms with van der Waals surface area (Å²) in [6.45, 7) is 4.93. The summed E-state index contributed by atoms with van der Waals surface area (Å²) in [5.41, 5.74) is 5.91. The van der Waals surface area contributed by atoms with Crippen molar-refractivity contribution in [3.63, 3.8) is 0 Å². The number of carbonyl (C=O) groups excluding carboxylic acids is 3. The molecule has 3 aliphatic heterocycles. The summed E-state index contributed by atoms with van der Waals surface area (Å²) < 4.78 is 22.1. The second-order valence-corrected chi connectivity index (χ2v) is 15.2. The number of nitrogens with zero attached hydrogens (tertiary/aromatic N) is 4. The van der Waals surface area contributed by atoms with Crippen molar-refractivity contribution < 1.29 is 33.3 Å². The van der Waals surface area contributed by atoms with Crippen LogP contribution in [0, 0.1) is 0 Å². The molecule has 14 heteroatoms. The van der Waals surface area contributed by atoms with Gasteiger partial charge in [-0.25, -0.2) is 14.8 Å². The molecule has 1 spiro atoms. The van der Waals surface area contributed by atoms with Crippen LogP contribution in [0.3, 0.4) is 0 Å². The maximum Gasteiger partial charge on any atom is 0.407 e. The van der Waals surface area contributed by atoms with E-state index in [2.05, 4.69) is 39.6 Å². The molecular formula is C41H49N7O7. The smallest absolute Gasteiger partial charge is 0.407 e. The van der Waals surface area contributed by atoms with Gasteiger partial charge in [-0.2, -0.15) is 0 Å². The van der Waals surface area contributed by atoms with Gasteiger partial charge in [-0.1, -0.05) is 12.1 Å². The van der Waals surface area contributed by atoms with E-state index < -0.39 is 18.2 Å². The first kappa shape index (κ1) is 36.8. The Labute approximate surface area is 320 Å². The van der Waals surface area contributed by atoms with Gasteiger partial charge in [0.05, 0.1) is 61.6 Å². The number of H-pyrrole nitrogens is 2. The van der Waals surface area contributed by atoms with Crippen LogP contribution in [0.2, 0.25) is 0 Å². The molecule has 3 fully saturated rings. The van der Waals surface area contributed by atoms with Crippen LogP contribution in [0.5, 0.6) is 11.5 Å². The Balaban J connectivity index is 0.997. The summed E-state index contributed by atoms with van der Waals surface area (Å²) in [5.74, 6) is 3.03. The number of nitrogens with one attached hydrogen (secondary N) is 3. The third-order valence-corrected chi connectivity index (χ3v) is 11.9. The van der Waals surface area contributed by atoms with Crippen molar-refractivity contribution in [1.82, 2.24) is 35.1 Å². The summed E-state index contributed by atoms with van der Waals surface area (Å²) >= 11 is 0. The van der Waals surface area contributed by atoms with E-state index >= 15 is 0 Å². The molecule has 1 aliphatic carbocycles. The second kappa shape index (κ2) is 14.8. The first-order chi connectivity index (χ1) is 26.6. The minimum absolute atomic E-state index is 0.0760. The molecule has 1 saturated carbocycles. The minimum atomic E-state index is -0.894. The third kappa shape index (κ3) is 6.75. The fourth-order valence-corrected chi connectivity index (χ4v) is 8.55. The number of methoxy groups -OCH3 is 3. The first-order valence-corrected chi connectivity index (χ1v) is 19.2. The number of hydrogen-bond donors (Lipinski definition) is 3. The van der Waals surface area contributed by atoms with Crippen LogP contribution in [0.15, 0.2) is 48.8 Å². The summed E-state index contributed by atoms with van der Waals surface area (Å²) in [6.07, 6.45) is 8.08. The summed E-state index contributed by atoms with van der Waals surface area (Å²) in [6, 6.07) is 11.4. The lowest BCUT2D eigenvalue weighted by atomic mass is 9.83. The molecule has 3 amide bonds. The van der Waals surface area contributed by atoms with Crippen molar-refractivity contribution in [2.24, 2.45) is 0 Å². The Bertz CT molecular complexity index is 2090. The summed E-state index contributed by atoms with van der Waals surface area (Å²) in [7, 11) is 4.41. The number of aromatic nitrogens is 4. The third-order valence-electron chi connectivity index (χ3n) is 11.9. The number of ether oxygens (including phenoxy) is 4. The Morgan fingerprint density at radius 2 is 1.49 bits per heavy atom. The van der Waals surface area contributed by atoms with Crippen LogP contribution in [-0.4, -0.2) is 100 Å². The number of aromatic amines is 2. The number of imidazole rings is 2. The molecule has 5 atom stereocenters. The highest BCUT2D eigenvalue weighted by Crippen LogP contribution is 2.62. The molecule has 3 N–H and O–H groups in total. The highest BCUT2D eigenvalue weighted by Gasteiger charge is 2.52. The number of fused-ring (bicyclic) bond motifs is 4. The minimum Gasteiger partial charge on any atom is -0.457 e. The van der Waals surface area contributed by atoms with Crippen molar-refractivity contribution in [2.45, 2.75) is 94.5 Å². The number of hydrogen-bond acceptors (Lipinski definition) is 9. The SMILES string of the molecule is COC(=O)N[C@H](C(=O)N1CCC[C@H]1c1ncc(-c2ccc3c(c2)C2(CC2)c2ccc(-c4cnc([C@@H]5CCCN5C(=O)C[C@H](C)OC)[nH]4)cc2O3)[nH]1)[C@H](C)OC. The summed E-state index contributed by atoms with van der Waals surface area (Å²) in [4.78, 5) is 59.0. The second-order valence-electron chi connectivity index (χ2n) is 15.2. The molecule has 0 radical (unpaired) electrons. The van der Waals surface area contributed by atoms with E-state index in [0.29, 0.717) is 18.8 Å². The van der Waals surface area contributed by atoms with Gasteiger partial charge in [-0.3, -0.25) is 9.59 Å². The Kier molecular flexibility index (Phi) is 9.88. The first-order valence-electron chi connectivity index (χ1n) is 19.2. The molecule has 8 rings (SSSR count). The van der Waals surface area contributed by atoms with Crippen LogP contribution in [0.1, 0.15) is 93.7 Å².